The number of aryl methyl sites for hydroxylation is 1. The third-order valence-corrected chi connectivity index (χ3v) is 3.14. The molecule has 0 aliphatic rings. The summed E-state index contributed by atoms with van der Waals surface area (Å²) in [5.74, 6) is 0. The lowest BCUT2D eigenvalue weighted by atomic mass is 10.0. The predicted molar refractivity (Wildman–Crippen MR) is 74.8 cm³/mol. The van der Waals surface area contributed by atoms with Crippen LogP contribution in [0.25, 0.3) is 10.9 Å². The van der Waals surface area contributed by atoms with Crippen molar-refractivity contribution in [1.29, 1.82) is 0 Å². The molecule has 19 heavy (non-hydrogen) atoms. The van der Waals surface area contributed by atoms with Crippen LogP contribution in [0.3, 0.4) is 0 Å². The minimum absolute atomic E-state index is 0.662. The summed E-state index contributed by atoms with van der Waals surface area (Å²) < 4.78 is 0. The molecular formula is C16H14N2O. The topological polar surface area (TPSA) is 46.0 Å². The minimum atomic E-state index is -0.716. The van der Waals surface area contributed by atoms with E-state index in [1.165, 1.54) is 0 Å². The number of rotatable bonds is 2. The molecule has 0 fully saturated rings. The van der Waals surface area contributed by atoms with E-state index in [1.807, 2.05) is 55.5 Å². The molecule has 0 radical (unpaired) electrons. The average Bonchev–Trinajstić information content (AvgIpc) is 2.46. The van der Waals surface area contributed by atoms with E-state index in [-0.39, 0.29) is 0 Å². The van der Waals surface area contributed by atoms with E-state index in [0.717, 1.165) is 22.2 Å². The Kier molecular flexibility index (Phi) is 2.97. The molecular weight excluding hydrogens is 236 g/mol. The molecule has 3 rings (SSSR count). The van der Waals surface area contributed by atoms with Crippen molar-refractivity contribution in [3.63, 3.8) is 0 Å². The van der Waals surface area contributed by atoms with Crippen molar-refractivity contribution in [2.24, 2.45) is 0 Å². The fourth-order valence-electron chi connectivity index (χ4n) is 2.14. The maximum absolute atomic E-state index is 10.4. The Balaban J connectivity index is 2.04. The van der Waals surface area contributed by atoms with Gasteiger partial charge in [0.15, 0.2) is 0 Å². The van der Waals surface area contributed by atoms with Crippen LogP contribution in [-0.2, 0) is 0 Å². The number of hydrogen-bond acceptors (Lipinski definition) is 3. The predicted octanol–water partition coefficient (Wildman–Crippen LogP) is 3.02. The van der Waals surface area contributed by atoms with E-state index in [0.29, 0.717) is 5.69 Å². The van der Waals surface area contributed by atoms with E-state index < -0.39 is 6.10 Å². The zero-order chi connectivity index (χ0) is 13.2. The molecule has 0 saturated heterocycles. The third-order valence-electron chi connectivity index (χ3n) is 3.14. The van der Waals surface area contributed by atoms with Crippen LogP contribution in [0.15, 0.2) is 54.7 Å². The SMILES string of the molecule is Cc1cccc(C(O)c2ccc3cccnc3c2)n1. The van der Waals surface area contributed by atoms with E-state index in [1.54, 1.807) is 6.20 Å². The molecule has 0 spiro atoms. The van der Waals surface area contributed by atoms with Crippen LogP contribution in [0.5, 0.6) is 0 Å². The Labute approximate surface area is 111 Å². The van der Waals surface area contributed by atoms with E-state index in [9.17, 15) is 5.11 Å². The zero-order valence-electron chi connectivity index (χ0n) is 10.6. The highest BCUT2D eigenvalue weighted by atomic mass is 16.3. The van der Waals surface area contributed by atoms with Crippen molar-refractivity contribution in [2.45, 2.75) is 13.0 Å². The monoisotopic (exact) mass is 250 g/mol. The number of aliphatic hydroxyl groups is 1. The number of fused-ring (bicyclic) bond motifs is 1. The lowest BCUT2D eigenvalue weighted by Gasteiger charge is -2.11. The second-order valence-corrected chi connectivity index (χ2v) is 4.56. The summed E-state index contributed by atoms with van der Waals surface area (Å²) in [7, 11) is 0. The van der Waals surface area contributed by atoms with Crippen LogP contribution in [0.2, 0.25) is 0 Å². The summed E-state index contributed by atoms with van der Waals surface area (Å²) in [6.45, 7) is 1.91. The van der Waals surface area contributed by atoms with Crippen molar-refractivity contribution in [3.05, 3.63) is 71.7 Å². The van der Waals surface area contributed by atoms with Gasteiger partial charge < -0.3 is 5.11 Å². The van der Waals surface area contributed by atoms with Gasteiger partial charge in [0, 0.05) is 17.3 Å². The van der Waals surface area contributed by atoms with Crippen LogP contribution < -0.4 is 0 Å². The van der Waals surface area contributed by atoms with E-state index >= 15 is 0 Å². The van der Waals surface area contributed by atoms with Gasteiger partial charge in [-0.05, 0) is 36.8 Å². The van der Waals surface area contributed by atoms with Crippen LogP contribution >= 0.6 is 0 Å². The smallest absolute Gasteiger partial charge is 0.121 e. The molecule has 1 N–H and O–H groups in total. The Bertz CT molecular complexity index is 725. The Morgan fingerprint density at radius 1 is 1.05 bits per heavy atom. The summed E-state index contributed by atoms with van der Waals surface area (Å²) in [4.78, 5) is 8.66. The van der Waals surface area contributed by atoms with Crippen molar-refractivity contribution < 1.29 is 5.11 Å². The van der Waals surface area contributed by atoms with Crippen LogP contribution in [0.4, 0.5) is 0 Å². The molecule has 2 heterocycles. The summed E-state index contributed by atoms with van der Waals surface area (Å²) in [6.07, 6.45) is 1.04. The first-order chi connectivity index (χ1) is 9.24. The molecule has 0 aliphatic heterocycles. The lowest BCUT2D eigenvalue weighted by molar-refractivity contribution is 0.215. The van der Waals surface area contributed by atoms with Crippen LogP contribution in [0, 0.1) is 6.92 Å². The lowest BCUT2D eigenvalue weighted by Crippen LogP contribution is -2.03. The maximum Gasteiger partial charge on any atom is 0.121 e. The fraction of sp³-hybridized carbons (Fsp3) is 0.125. The van der Waals surface area contributed by atoms with E-state index in [2.05, 4.69) is 9.97 Å². The van der Waals surface area contributed by atoms with Gasteiger partial charge in [0.2, 0.25) is 0 Å². The van der Waals surface area contributed by atoms with Gasteiger partial charge in [0.1, 0.15) is 6.10 Å². The standard InChI is InChI=1S/C16H14N2O/c1-11-4-2-6-14(18-11)16(19)13-8-7-12-5-3-9-17-15(12)10-13/h2-10,16,19H,1H3. The number of nitrogens with zero attached hydrogens (tertiary/aromatic N) is 2. The number of aliphatic hydroxyl groups excluding tert-OH is 1. The Hall–Kier alpha value is -2.26. The van der Waals surface area contributed by atoms with Crippen molar-refractivity contribution in [1.82, 2.24) is 9.97 Å². The first kappa shape index (κ1) is 11.8. The fourth-order valence-corrected chi connectivity index (χ4v) is 2.14. The van der Waals surface area contributed by atoms with Crippen LogP contribution in [-0.4, -0.2) is 15.1 Å². The van der Waals surface area contributed by atoms with Crippen molar-refractivity contribution in [3.8, 4) is 0 Å². The van der Waals surface area contributed by atoms with Gasteiger partial charge in [-0.2, -0.15) is 0 Å². The van der Waals surface area contributed by atoms with Gasteiger partial charge in [-0.25, -0.2) is 0 Å². The molecule has 94 valence electrons. The first-order valence-electron chi connectivity index (χ1n) is 6.20. The summed E-state index contributed by atoms with van der Waals surface area (Å²) in [5.41, 5.74) is 3.25. The molecule has 2 aromatic heterocycles. The molecule has 3 heteroatoms. The summed E-state index contributed by atoms with van der Waals surface area (Å²) in [5, 5.41) is 11.5. The molecule has 1 aromatic carbocycles. The van der Waals surface area contributed by atoms with Gasteiger partial charge >= 0.3 is 0 Å². The third kappa shape index (κ3) is 2.33. The molecule has 3 nitrogen and oxygen atoms in total. The molecule has 1 atom stereocenters. The number of benzene rings is 1. The molecule has 3 aromatic rings. The maximum atomic E-state index is 10.4. The van der Waals surface area contributed by atoms with Gasteiger partial charge in [0.05, 0.1) is 11.2 Å². The number of aromatic nitrogens is 2. The average molecular weight is 250 g/mol. The number of pyridine rings is 2. The van der Waals surface area contributed by atoms with Gasteiger partial charge in [-0.3, -0.25) is 9.97 Å². The van der Waals surface area contributed by atoms with Crippen molar-refractivity contribution in [2.75, 3.05) is 0 Å². The second-order valence-electron chi connectivity index (χ2n) is 4.56. The summed E-state index contributed by atoms with van der Waals surface area (Å²) >= 11 is 0. The molecule has 0 aliphatic carbocycles. The van der Waals surface area contributed by atoms with Gasteiger partial charge in [-0.1, -0.05) is 24.3 Å². The minimum Gasteiger partial charge on any atom is -0.382 e. The number of hydrogen-bond donors (Lipinski definition) is 1. The highest BCUT2D eigenvalue weighted by Crippen LogP contribution is 2.23. The molecule has 0 amide bonds. The van der Waals surface area contributed by atoms with Gasteiger partial charge in [-0.15, -0.1) is 0 Å². The highest BCUT2D eigenvalue weighted by Gasteiger charge is 2.12. The second kappa shape index (κ2) is 4.78. The van der Waals surface area contributed by atoms with Crippen molar-refractivity contribution >= 4 is 10.9 Å². The summed E-state index contributed by atoms with van der Waals surface area (Å²) in [6, 6.07) is 15.3. The molecule has 1 unspecified atom stereocenters. The zero-order valence-corrected chi connectivity index (χ0v) is 10.6. The largest absolute Gasteiger partial charge is 0.382 e. The van der Waals surface area contributed by atoms with Crippen LogP contribution in [0.1, 0.15) is 23.1 Å². The normalized spacial score (nSPS) is 12.5. The molecule has 0 bridgehead atoms. The van der Waals surface area contributed by atoms with E-state index in [4.69, 9.17) is 0 Å². The van der Waals surface area contributed by atoms with Gasteiger partial charge in [0.25, 0.3) is 0 Å². The molecule has 0 saturated carbocycles. The first-order valence-corrected chi connectivity index (χ1v) is 6.20. The quantitative estimate of drug-likeness (QED) is 0.760. The Morgan fingerprint density at radius 2 is 1.95 bits per heavy atom. The highest BCUT2D eigenvalue weighted by molar-refractivity contribution is 5.79. The Morgan fingerprint density at radius 3 is 2.79 bits per heavy atom.